The van der Waals surface area contributed by atoms with E-state index in [1.165, 1.54) is 0 Å². The largest absolute Gasteiger partial charge is 0.450 e. The summed E-state index contributed by atoms with van der Waals surface area (Å²) >= 11 is 0. The topological polar surface area (TPSA) is 47.6 Å². The molecule has 0 saturated carbocycles. The van der Waals surface area contributed by atoms with Crippen molar-refractivity contribution in [1.29, 1.82) is 0 Å². The van der Waals surface area contributed by atoms with Gasteiger partial charge in [-0.15, -0.1) is 0 Å². The molecule has 1 N–H and O–H groups in total. The van der Waals surface area contributed by atoms with Crippen molar-refractivity contribution in [1.82, 2.24) is 5.32 Å². The molecule has 1 saturated heterocycles. The van der Waals surface area contributed by atoms with Crippen LogP contribution in [0, 0.1) is 0 Å². The summed E-state index contributed by atoms with van der Waals surface area (Å²) < 4.78 is 10.2. The molecular weight excluding hydrogens is 170 g/mol. The quantitative estimate of drug-likeness (QED) is 0.724. The first-order valence-corrected chi connectivity index (χ1v) is 4.79. The average Bonchev–Trinajstić information content (AvgIpc) is 2.55. The first-order valence-electron chi connectivity index (χ1n) is 4.79. The van der Waals surface area contributed by atoms with Gasteiger partial charge in [0.2, 0.25) is 0 Å². The van der Waals surface area contributed by atoms with E-state index in [1.807, 2.05) is 6.92 Å². The van der Waals surface area contributed by atoms with Crippen molar-refractivity contribution in [3.63, 3.8) is 0 Å². The molecule has 1 rings (SSSR count). The zero-order valence-electron chi connectivity index (χ0n) is 8.21. The summed E-state index contributed by atoms with van der Waals surface area (Å²) in [6.45, 7) is 4.94. The number of amides is 1. The normalized spacial score (nSPS) is 24.0. The Hall–Kier alpha value is -0.770. The predicted octanol–water partition coefficient (Wildman–Crippen LogP) is 1.30. The number of carbonyl (C=O) groups excluding carboxylic acids is 1. The van der Waals surface area contributed by atoms with E-state index < -0.39 is 0 Å². The Morgan fingerprint density at radius 2 is 2.54 bits per heavy atom. The first-order chi connectivity index (χ1) is 6.24. The molecule has 0 spiro atoms. The molecule has 0 aromatic heterocycles. The molecule has 1 amide bonds. The van der Waals surface area contributed by atoms with E-state index in [1.54, 1.807) is 6.92 Å². The van der Waals surface area contributed by atoms with Gasteiger partial charge >= 0.3 is 6.09 Å². The standard InChI is InChI=1S/C9H17NO3/c1-3-12-9(11)10-7(2)8-5-4-6-13-8/h7-8H,3-6H2,1-2H3,(H,10,11)/t7-,8-/m0/s1. The van der Waals surface area contributed by atoms with E-state index in [4.69, 9.17) is 9.47 Å². The van der Waals surface area contributed by atoms with Crippen LogP contribution in [0.1, 0.15) is 26.7 Å². The second kappa shape index (κ2) is 5.07. The highest BCUT2D eigenvalue weighted by molar-refractivity contribution is 5.67. The third-order valence-electron chi connectivity index (χ3n) is 2.14. The minimum atomic E-state index is -0.356. The van der Waals surface area contributed by atoms with Crippen molar-refractivity contribution in [2.24, 2.45) is 0 Å². The van der Waals surface area contributed by atoms with E-state index in [9.17, 15) is 4.79 Å². The van der Waals surface area contributed by atoms with Gasteiger partial charge in [0.05, 0.1) is 18.8 Å². The zero-order chi connectivity index (χ0) is 9.68. The fourth-order valence-corrected chi connectivity index (χ4v) is 1.45. The minimum Gasteiger partial charge on any atom is -0.450 e. The summed E-state index contributed by atoms with van der Waals surface area (Å²) in [5.74, 6) is 0. The Labute approximate surface area is 78.6 Å². The molecule has 0 aromatic rings. The fourth-order valence-electron chi connectivity index (χ4n) is 1.45. The van der Waals surface area contributed by atoms with Crippen molar-refractivity contribution < 1.29 is 14.3 Å². The van der Waals surface area contributed by atoms with Crippen LogP contribution in [0.25, 0.3) is 0 Å². The number of carbonyl (C=O) groups is 1. The van der Waals surface area contributed by atoms with Gasteiger partial charge in [-0.25, -0.2) is 4.79 Å². The number of hydrogen-bond acceptors (Lipinski definition) is 3. The second-order valence-electron chi connectivity index (χ2n) is 3.20. The minimum absolute atomic E-state index is 0.0431. The summed E-state index contributed by atoms with van der Waals surface area (Å²) in [6, 6.07) is 0.0431. The molecule has 0 radical (unpaired) electrons. The fraction of sp³-hybridized carbons (Fsp3) is 0.889. The molecule has 2 atom stereocenters. The maximum Gasteiger partial charge on any atom is 0.407 e. The van der Waals surface area contributed by atoms with Crippen molar-refractivity contribution >= 4 is 6.09 Å². The molecule has 76 valence electrons. The van der Waals surface area contributed by atoms with Gasteiger partial charge in [-0.1, -0.05) is 0 Å². The van der Waals surface area contributed by atoms with E-state index in [0.29, 0.717) is 6.61 Å². The lowest BCUT2D eigenvalue weighted by atomic mass is 10.1. The highest BCUT2D eigenvalue weighted by atomic mass is 16.5. The third-order valence-corrected chi connectivity index (χ3v) is 2.14. The Morgan fingerprint density at radius 1 is 1.77 bits per heavy atom. The van der Waals surface area contributed by atoms with E-state index >= 15 is 0 Å². The van der Waals surface area contributed by atoms with Crippen LogP contribution in [0.4, 0.5) is 4.79 Å². The number of alkyl carbamates (subject to hydrolysis) is 1. The van der Waals surface area contributed by atoms with Crippen molar-refractivity contribution in [3.05, 3.63) is 0 Å². The summed E-state index contributed by atoms with van der Waals surface area (Å²) in [4.78, 5) is 11.0. The van der Waals surface area contributed by atoms with Gasteiger partial charge < -0.3 is 14.8 Å². The maximum atomic E-state index is 11.0. The van der Waals surface area contributed by atoms with Crippen LogP contribution in [0.3, 0.4) is 0 Å². The smallest absolute Gasteiger partial charge is 0.407 e. The molecule has 0 bridgehead atoms. The van der Waals surface area contributed by atoms with Crippen LogP contribution < -0.4 is 5.32 Å². The number of hydrogen-bond donors (Lipinski definition) is 1. The molecule has 4 nitrogen and oxygen atoms in total. The summed E-state index contributed by atoms with van der Waals surface area (Å²) in [5.41, 5.74) is 0. The molecule has 1 heterocycles. The third kappa shape index (κ3) is 3.22. The number of ether oxygens (including phenoxy) is 2. The SMILES string of the molecule is CCOC(=O)N[C@@H](C)[C@@H]1CCCO1. The molecule has 1 aliphatic rings. The maximum absolute atomic E-state index is 11.0. The number of rotatable bonds is 3. The van der Waals surface area contributed by atoms with E-state index in [0.717, 1.165) is 19.4 Å². The van der Waals surface area contributed by atoms with Crippen molar-refractivity contribution in [3.8, 4) is 0 Å². The Balaban J connectivity index is 2.22. The van der Waals surface area contributed by atoms with Gasteiger partial charge in [-0.3, -0.25) is 0 Å². The Kier molecular flexibility index (Phi) is 4.02. The molecule has 1 aliphatic heterocycles. The highest BCUT2D eigenvalue weighted by Crippen LogP contribution is 2.15. The van der Waals surface area contributed by atoms with Crippen LogP contribution in [0.5, 0.6) is 0 Å². The number of nitrogens with one attached hydrogen (secondary N) is 1. The van der Waals surface area contributed by atoms with Gasteiger partial charge in [0, 0.05) is 6.61 Å². The second-order valence-corrected chi connectivity index (χ2v) is 3.20. The van der Waals surface area contributed by atoms with Gasteiger partial charge in [-0.2, -0.15) is 0 Å². The Morgan fingerprint density at radius 3 is 3.08 bits per heavy atom. The molecule has 1 fully saturated rings. The van der Waals surface area contributed by atoms with Crippen LogP contribution in [-0.4, -0.2) is 31.5 Å². The Bertz CT molecular complexity index is 166. The molecule has 0 unspecified atom stereocenters. The van der Waals surface area contributed by atoms with Gasteiger partial charge in [0.1, 0.15) is 0 Å². The molecule has 0 aromatic carbocycles. The molecular formula is C9H17NO3. The highest BCUT2D eigenvalue weighted by Gasteiger charge is 2.23. The van der Waals surface area contributed by atoms with Crippen LogP contribution in [0.2, 0.25) is 0 Å². The van der Waals surface area contributed by atoms with E-state index in [-0.39, 0.29) is 18.2 Å². The van der Waals surface area contributed by atoms with Crippen molar-refractivity contribution in [2.75, 3.05) is 13.2 Å². The van der Waals surface area contributed by atoms with E-state index in [2.05, 4.69) is 5.32 Å². The predicted molar refractivity (Wildman–Crippen MR) is 48.6 cm³/mol. The average molecular weight is 187 g/mol. The lowest BCUT2D eigenvalue weighted by Crippen LogP contribution is -2.41. The summed E-state index contributed by atoms with van der Waals surface area (Å²) in [6.07, 6.45) is 1.91. The summed E-state index contributed by atoms with van der Waals surface area (Å²) in [5, 5.41) is 2.74. The van der Waals surface area contributed by atoms with Crippen molar-refractivity contribution in [2.45, 2.75) is 38.8 Å². The first kappa shape index (κ1) is 10.3. The van der Waals surface area contributed by atoms with Crippen LogP contribution >= 0.6 is 0 Å². The zero-order valence-corrected chi connectivity index (χ0v) is 8.21. The summed E-state index contributed by atoms with van der Waals surface area (Å²) in [7, 11) is 0. The van der Waals surface area contributed by atoms with Gasteiger partial charge in [0.15, 0.2) is 0 Å². The molecule has 4 heteroatoms. The monoisotopic (exact) mass is 187 g/mol. The van der Waals surface area contributed by atoms with Gasteiger partial charge in [0.25, 0.3) is 0 Å². The molecule has 13 heavy (non-hydrogen) atoms. The van der Waals surface area contributed by atoms with Gasteiger partial charge in [-0.05, 0) is 26.7 Å². The van der Waals surface area contributed by atoms with Crippen LogP contribution in [-0.2, 0) is 9.47 Å². The van der Waals surface area contributed by atoms with Crippen LogP contribution in [0.15, 0.2) is 0 Å². The lowest BCUT2D eigenvalue weighted by molar-refractivity contribution is 0.0777. The lowest BCUT2D eigenvalue weighted by Gasteiger charge is -2.19. The molecule has 0 aliphatic carbocycles.